The fourth-order valence-electron chi connectivity index (χ4n) is 2.76. The van der Waals surface area contributed by atoms with E-state index in [4.69, 9.17) is 4.74 Å². The average molecular weight is 324 g/mol. The van der Waals surface area contributed by atoms with E-state index in [2.05, 4.69) is 10.6 Å². The third kappa shape index (κ3) is 3.77. The SMILES string of the molecule is CC(NCc1ccccc1)C(=O)c1ccc2c(c1)NCC(C)(C)O2. The molecule has 0 aromatic heterocycles. The predicted molar refractivity (Wildman–Crippen MR) is 96.7 cm³/mol. The lowest BCUT2D eigenvalue weighted by molar-refractivity contribution is 0.0950. The maximum atomic E-state index is 12.6. The highest BCUT2D eigenvalue weighted by atomic mass is 16.5. The van der Waals surface area contributed by atoms with Crippen LogP contribution in [-0.2, 0) is 6.54 Å². The summed E-state index contributed by atoms with van der Waals surface area (Å²) in [5.41, 5.74) is 2.51. The minimum absolute atomic E-state index is 0.0837. The molecule has 0 aliphatic carbocycles. The Morgan fingerprint density at radius 3 is 2.75 bits per heavy atom. The van der Waals surface area contributed by atoms with Gasteiger partial charge in [-0.05, 0) is 44.5 Å². The summed E-state index contributed by atoms with van der Waals surface area (Å²) in [5, 5.41) is 6.64. The van der Waals surface area contributed by atoms with Crippen LogP contribution in [0.2, 0.25) is 0 Å². The molecule has 3 rings (SSSR count). The third-order valence-corrected chi connectivity index (χ3v) is 4.20. The van der Waals surface area contributed by atoms with Crippen LogP contribution in [0.15, 0.2) is 48.5 Å². The van der Waals surface area contributed by atoms with Crippen LogP contribution >= 0.6 is 0 Å². The van der Waals surface area contributed by atoms with Crippen molar-refractivity contribution in [2.24, 2.45) is 0 Å². The first-order chi connectivity index (χ1) is 11.4. The maximum absolute atomic E-state index is 12.6. The summed E-state index contributed by atoms with van der Waals surface area (Å²) < 4.78 is 5.93. The van der Waals surface area contributed by atoms with E-state index in [1.165, 1.54) is 5.56 Å². The Morgan fingerprint density at radius 1 is 1.25 bits per heavy atom. The highest BCUT2D eigenvalue weighted by Crippen LogP contribution is 2.33. The van der Waals surface area contributed by atoms with Crippen LogP contribution < -0.4 is 15.4 Å². The van der Waals surface area contributed by atoms with Gasteiger partial charge in [0, 0.05) is 12.1 Å². The van der Waals surface area contributed by atoms with Gasteiger partial charge in [-0.25, -0.2) is 0 Å². The van der Waals surface area contributed by atoms with E-state index in [1.807, 2.05) is 69.3 Å². The molecule has 1 atom stereocenters. The van der Waals surface area contributed by atoms with Gasteiger partial charge in [0.25, 0.3) is 0 Å². The van der Waals surface area contributed by atoms with Gasteiger partial charge < -0.3 is 15.4 Å². The molecule has 1 unspecified atom stereocenters. The molecule has 0 saturated heterocycles. The minimum atomic E-state index is -0.246. The van der Waals surface area contributed by atoms with Gasteiger partial charge in [-0.15, -0.1) is 0 Å². The van der Waals surface area contributed by atoms with E-state index < -0.39 is 0 Å². The van der Waals surface area contributed by atoms with Gasteiger partial charge >= 0.3 is 0 Å². The molecule has 2 aromatic rings. The molecular formula is C20H24N2O2. The Hall–Kier alpha value is -2.33. The van der Waals surface area contributed by atoms with Crippen molar-refractivity contribution >= 4 is 11.5 Å². The molecule has 0 saturated carbocycles. The molecule has 4 heteroatoms. The molecule has 4 nitrogen and oxygen atoms in total. The normalized spacial score (nSPS) is 16.5. The van der Waals surface area contributed by atoms with E-state index in [-0.39, 0.29) is 17.4 Å². The molecule has 1 aliphatic rings. The Labute approximate surface area is 143 Å². The predicted octanol–water partition coefficient (Wildman–Crippen LogP) is 3.63. The Kier molecular flexibility index (Phi) is 4.58. The topological polar surface area (TPSA) is 50.4 Å². The summed E-state index contributed by atoms with van der Waals surface area (Å²) in [6, 6.07) is 15.4. The van der Waals surface area contributed by atoms with Gasteiger partial charge in [-0.1, -0.05) is 30.3 Å². The number of carbonyl (C=O) groups excluding carboxylic acids is 1. The molecule has 2 N–H and O–H groups in total. The number of Topliss-reactive ketones (excluding diaryl/α,β-unsaturated/α-hetero) is 1. The number of nitrogens with one attached hydrogen (secondary N) is 2. The smallest absolute Gasteiger partial charge is 0.179 e. The van der Waals surface area contributed by atoms with Crippen LogP contribution in [0, 0.1) is 0 Å². The van der Waals surface area contributed by atoms with Crippen molar-refractivity contribution in [2.75, 3.05) is 11.9 Å². The molecule has 126 valence electrons. The second-order valence-corrected chi connectivity index (χ2v) is 6.88. The second-order valence-electron chi connectivity index (χ2n) is 6.88. The van der Waals surface area contributed by atoms with Crippen LogP contribution in [0.4, 0.5) is 5.69 Å². The zero-order valence-corrected chi connectivity index (χ0v) is 14.4. The number of benzene rings is 2. The van der Waals surface area contributed by atoms with Crippen molar-refractivity contribution in [1.29, 1.82) is 0 Å². The molecule has 0 fully saturated rings. The van der Waals surface area contributed by atoms with Crippen molar-refractivity contribution in [1.82, 2.24) is 5.32 Å². The fraction of sp³-hybridized carbons (Fsp3) is 0.350. The van der Waals surface area contributed by atoms with Gasteiger partial charge in [0.1, 0.15) is 11.4 Å². The van der Waals surface area contributed by atoms with E-state index in [0.717, 1.165) is 18.0 Å². The zero-order valence-electron chi connectivity index (χ0n) is 14.4. The number of ketones is 1. The summed E-state index contributed by atoms with van der Waals surface area (Å²) >= 11 is 0. The van der Waals surface area contributed by atoms with Crippen molar-refractivity contribution in [3.05, 3.63) is 59.7 Å². The summed E-state index contributed by atoms with van der Waals surface area (Å²) in [4.78, 5) is 12.6. The number of anilines is 1. The maximum Gasteiger partial charge on any atom is 0.179 e. The number of carbonyl (C=O) groups is 1. The summed E-state index contributed by atoms with van der Waals surface area (Å²) in [7, 11) is 0. The minimum Gasteiger partial charge on any atom is -0.484 e. The first-order valence-corrected chi connectivity index (χ1v) is 8.33. The second kappa shape index (κ2) is 6.65. The van der Waals surface area contributed by atoms with Gasteiger partial charge in [0.2, 0.25) is 0 Å². The largest absolute Gasteiger partial charge is 0.484 e. The van der Waals surface area contributed by atoms with Crippen LogP contribution in [0.5, 0.6) is 5.75 Å². The average Bonchev–Trinajstić information content (AvgIpc) is 2.58. The molecule has 0 radical (unpaired) electrons. The molecule has 2 aromatic carbocycles. The van der Waals surface area contributed by atoms with Crippen molar-refractivity contribution in [3.8, 4) is 5.75 Å². The Balaban J connectivity index is 1.66. The zero-order chi connectivity index (χ0) is 17.2. The summed E-state index contributed by atoms with van der Waals surface area (Å²) in [5.74, 6) is 0.882. The lowest BCUT2D eigenvalue weighted by Gasteiger charge is -2.33. The van der Waals surface area contributed by atoms with E-state index in [9.17, 15) is 4.79 Å². The summed E-state index contributed by atoms with van der Waals surface area (Å²) in [6.07, 6.45) is 0. The number of hydrogen-bond acceptors (Lipinski definition) is 4. The van der Waals surface area contributed by atoms with E-state index in [1.54, 1.807) is 0 Å². The molecule has 1 aliphatic heterocycles. The standard InChI is InChI=1S/C20H24N2O2/c1-14(21-12-15-7-5-4-6-8-15)19(23)16-9-10-18-17(11-16)22-13-20(2,3)24-18/h4-11,14,21-22H,12-13H2,1-3H3. The molecule has 1 heterocycles. The van der Waals surface area contributed by atoms with E-state index >= 15 is 0 Å². The highest BCUT2D eigenvalue weighted by Gasteiger charge is 2.27. The third-order valence-electron chi connectivity index (χ3n) is 4.20. The Morgan fingerprint density at radius 2 is 2.00 bits per heavy atom. The summed E-state index contributed by atoms with van der Waals surface area (Å²) in [6.45, 7) is 7.38. The van der Waals surface area contributed by atoms with Gasteiger partial charge in [0.05, 0.1) is 18.3 Å². The molecular weight excluding hydrogens is 300 g/mol. The van der Waals surface area contributed by atoms with Crippen LogP contribution in [0.3, 0.4) is 0 Å². The molecule has 0 spiro atoms. The highest BCUT2D eigenvalue weighted by molar-refractivity contribution is 6.01. The van der Waals surface area contributed by atoms with Gasteiger partial charge in [0.15, 0.2) is 5.78 Å². The van der Waals surface area contributed by atoms with Crippen LogP contribution in [0.25, 0.3) is 0 Å². The number of hydrogen-bond donors (Lipinski definition) is 2. The number of rotatable bonds is 5. The first kappa shape index (κ1) is 16.5. The lowest BCUT2D eigenvalue weighted by atomic mass is 10.0. The Bertz CT molecular complexity index is 726. The van der Waals surface area contributed by atoms with Crippen molar-refractivity contribution < 1.29 is 9.53 Å². The molecule has 24 heavy (non-hydrogen) atoms. The van der Waals surface area contributed by atoms with Crippen LogP contribution in [-0.4, -0.2) is 24.0 Å². The monoisotopic (exact) mass is 324 g/mol. The lowest BCUT2D eigenvalue weighted by Crippen LogP contribution is -2.40. The molecule has 0 amide bonds. The van der Waals surface area contributed by atoms with Crippen molar-refractivity contribution in [3.63, 3.8) is 0 Å². The first-order valence-electron chi connectivity index (χ1n) is 8.33. The molecule has 0 bridgehead atoms. The van der Waals surface area contributed by atoms with Crippen LogP contribution in [0.1, 0.15) is 36.7 Å². The quantitative estimate of drug-likeness (QED) is 0.825. The van der Waals surface area contributed by atoms with Gasteiger partial charge in [-0.3, -0.25) is 4.79 Å². The van der Waals surface area contributed by atoms with Crippen molar-refractivity contribution in [2.45, 2.75) is 39.0 Å². The fourth-order valence-corrected chi connectivity index (χ4v) is 2.76. The van der Waals surface area contributed by atoms with Gasteiger partial charge in [-0.2, -0.15) is 0 Å². The number of fused-ring (bicyclic) bond motifs is 1. The number of ether oxygens (including phenoxy) is 1. The van der Waals surface area contributed by atoms with E-state index in [0.29, 0.717) is 12.1 Å².